The second kappa shape index (κ2) is 6.13. The minimum atomic E-state index is -0.399. The van der Waals surface area contributed by atoms with Gasteiger partial charge in [-0.1, -0.05) is 6.92 Å². The van der Waals surface area contributed by atoms with Crippen molar-refractivity contribution in [3.05, 3.63) is 23.8 Å². The van der Waals surface area contributed by atoms with Gasteiger partial charge in [-0.05, 0) is 31.5 Å². The van der Waals surface area contributed by atoms with Crippen LogP contribution in [0.15, 0.2) is 18.2 Å². The summed E-state index contributed by atoms with van der Waals surface area (Å²) >= 11 is 0. The van der Waals surface area contributed by atoms with Crippen molar-refractivity contribution in [2.45, 2.75) is 26.3 Å². The summed E-state index contributed by atoms with van der Waals surface area (Å²) in [5, 5.41) is 0. The fourth-order valence-corrected chi connectivity index (χ4v) is 2.68. The van der Waals surface area contributed by atoms with Crippen LogP contribution in [0.3, 0.4) is 0 Å². The van der Waals surface area contributed by atoms with E-state index in [1.54, 1.807) is 12.1 Å². The van der Waals surface area contributed by atoms with Crippen molar-refractivity contribution in [1.29, 1.82) is 0 Å². The number of amides is 1. The number of primary amides is 1. The lowest BCUT2D eigenvalue weighted by atomic mass is 10.1. The second-order valence-corrected chi connectivity index (χ2v) is 5.42. The molecule has 20 heavy (non-hydrogen) atoms. The number of hydrogen-bond donors (Lipinski definition) is 2. The Morgan fingerprint density at radius 3 is 2.50 bits per heavy atom. The van der Waals surface area contributed by atoms with Crippen molar-refractivity contribution in [3.8, 4) is 0 Å². The summed E-state index contributed by atoms with van der Waals surface area (Å²) in [7, 11) is 0. The summed E-state index contributed by atoms with van der Waals surface area (Å²) in [5.41, 5.74) is 13.4. The smallest absolute Gasteiger partial charge is 0.250 e. The van der Waals surface area contributed by atoms with Gasteiger partial charge in [0.25, 0.3) is 5.91 Å². The third-order valence-corrected chi connectivity index (χ3v) is 4.16. The van der Waals surface area contributed by atoms with Gasteiger partial charge in [0.1, 0.15) is 0 Å². The van der Waals surface area contributed by atoms with Crippen LogP contribution in [0.1, 0.15) is 30.6 Å². The van der Waals surface area contributed by atoms with Gasteiger partial charge in [-0.25, -0.2) is 0 Å². The maximum Gasteiger partial charge on any atom is 0.250 e. The number of hydrogen-bond acceptors (Lipinski definition) is 4. The molecule has 0 saturated carbocycles. The molecule has 0 bridgehead atoms. The average molecular weight is 276 g/mol. The highest BCUT2D eigenvalue weighted by Crippen LogP contribution is 2.25. The molecule has 1 aromatic carbocycles. The van der Waals surface area contributed by atoms with E-state index < -0.39 is 5.91 Å². The van der Waals surface area contributed by atoms with Crippen molar-refractivity contribution >= 4 is 17.3 Å². The second-order valence-electron chi connectivity index (χ2n) is 5.42. The molecule has 1 aliphatic rings. The lowest BCUT2D eigenvalue weighted by Gasteiger charge is -2.39. The lowest BCUT2D eigenvalue weighted by Crippen LogP contribution is -2.49. The lowest BCUT2D eigenvalue weighted by molar-refractivity contribution is 0.100. The van der Waals surface area contributed by atoms with Crippen LogP contribution in [-0.2, 0) is 0 Å². The molecule has 1 aliphatic heterocycles. The number of nitrogens with two attached hydrogens (primary N) is 2. The molecule has 1 saturated heterocycles. The minimum Gasteiger partial charge on any atom is -0.399 e. The molecule has 1 heterocycles. The highest BCUT2D eigenvalue weighted by Gasteiger charge is 2.22. The summed E-state index contributed by atoms with van der Waals surface area (Å²) < 4.78 is 0. The summed E-state index contributed by atoms with van der Waals surface area (Å²) in [5.74, 6) is -0.399. The fraction of sp³-hybridized carbons (Fsp3) is 0.533. The van der Waals surface area contributed by atoms with E-state index in [1.165, 1.54) is 0 Å². The summed E-state index contributed by atoms with van der Waals surface area (Å²) in [6.45, 7) is 8.26. The number of anilines is 2. The molecule has 0 aromatic heterocycles. The van der Waals surface area contributed by atoms with E-state index in [9.17, 15) is 4.79 Å². The number of rotatable bonds is 4. The first kappa shape index (κ1) is 14.7. The minimum absolute atomic E-state index is 0.399. The SMILES string of the molecule is CCC(C)N1CCN(c2cc(N)ccc2C(N)=O)CC1. The number of piperazine rings is 1. The van der Waals surface area contributed by atoms with Crippen LogP contribution in [0.25, 0.3) is 0 Å². The van der Waals surface area contributed by atoms with Gasteiger partial charge in [-0.15, -0.1) is 0 Å². The number of nitrogens with zero attached hydrogens (tertiary/aromatic N) is 2. The quantitative estimate of drug-likeness (QED) is 0.813. The normalized spacial score (nSPS) is 18.0. The van der Waals surface area contributed by atoms with Crippen LogP contribution in [0.4, 0.5) is 11.4 Å². The molecule has 5 nitrogen and oxygen atoms in total. The third-order valence-electron chi connectivity index (χ3n) is 4.16. The third kappa shape index (κ3) is 3.04. The Hall–Kier alpha value is -1.75. The Balaban J connectivity index is 2.14. The topological polar surface area (TPSA) is 75.6 Å². The van der Waals surface area contributed by atoms with Crippen molar-refractivity contribution in [3.63, 3.8) is 0 Å². The maximum absolute atomic E-state index is 11.5. The molecule has 1 aromatic rings. The molecule has 2 rings (SSSR count). The number of nitrogen functional groups attached to an aromatic ring is 1. The number of benzene rings is 1. The Labute approximate surface area is 120 Å². The van der Waals surface area contributed by atoms with Gasteiger partial charge in [0.2, 0.25) is 0 Å². The molecular formula is C15H24N4O. The van der Waals surface area contributed by atoms with E-state index in [1.807, 2.05) is 6.07 Å². The van der Waals surface area contributed by atoms with Gasteiger partial charge in [-0.2, -0.15) is 0 Å². The predicted molar refractivity (Wildman–Crippen MR) is 82.9 cm³/mol. The first-order chi connectivity index (χ1) is 9.52. The van der Waals surface area contributed by atoms with E-state index in [2.05, 4.69) is 23.6 Å². The summed E-state index contributed by atoms with van der Waals surface area (Å²) in [6, 6.07) is 5.89. The standard InChI is InChI=1S/C15H24N4O/c1-3-11(2)18-6-8-19(9-7-18)14-10-12(16)4-5-13(14)15(17)20/h4-5,10-11H,3,6-9,16H2,1-2H3,(H2,17,20). The first-order valence-electron chi connectivity index (χ1n) is 7.21. The molecule has 0 spiro atoms. The Morgan fingerprint density at radius 2 is 1.95 bits per heavy atom. The van der Waals surface area contributed by atoms with Crippen molar-refractivity contribution in [2.24, 2.45) is 5.73 Å². The molecule has 4 N–H and O–H groups in total. The van der Waals surface area contributed by atoms with Gasteiger partial charge in [-0.3, -0.25) is 9.69 Å². The van der Waals surface area contributed by atoms with Crippen LogP contribution in [-0.4, -0.2) is 43.0 Å². The van der Waals surface area contributed by atoms with E-state index in [0.29, 0.717) is 17.3 Å². The monoisotopic (exact) mass is 276 g/mol. The van der Waals surface area contributed by atoms with E-state index in [-0.39, 0.29) is 0 Å². The molecule has 0 radical (unpaired) electrons. The molecule has 1 atom stereocenters. The van der Waals surface area contributed by atoms with Crippen LogP contribution in [0.2, 0.25) is 0 Å². The average Bonchev–Trinajstić information content (AvgIpc) is 2.46. The Bertz CT molecular complexity index is 481. The van der Waals surface area contributed by atoms with Crippen LogP contribution in [0, 0.1) is 0 Å². The van der Waals surface area contributed by atoms with Crippen molar-refractivity contribution in [1.82, 2.24) is 4.90 Å². The highest BCUT2D eigenvalue weighted by atomic mass is 16.1. The summed E-state index contributed by atoms with van der Waals surface area (Å²) in [6.07, 6.45) is 1.16. The molecule has 1 fully saturated rings. The zero-order valence-electron chi connectivity index (χ0n) is 12.3. The predicted octanol–water partition coefficient (Wildman–Crippen LogP) is 1.29. The van der Waals surface area contributed by atoms with Crippen LogP contribution < -0.4 is 16.4 Å². The van der Waals surface area contributed by atoms with Gasteiger partial charge >= 0.3 is 0 Å². The zero-order valence-corrected chi connectivity index (χ0v) is 12.3. The fourth-order valence-electron chi connectivity index (χ4n) is 2.68. The largest absolute Gasteiger partial charge is 0.399 e. The summed E-state index contributed by atoms with van der Waals surface area (Å²) in [4.78, 5) is 16.2. The molecule has 1 unspecified atom stereocenters. The molecule has 110 valence electrons. The highest BCUT2D eigenvalue weighted by molar-refractivity contribution is 5.99. The maximum atomic E-state index is 11.5. The van der Waals surface area contributed by atoms with Gasteiger partial charge < -0.3 is 16.4 Å². The number of carbonyl (C=O) groups excluding carboxylic acids is 1. The van der Waals surface area contributed by atoms with Gasteiger partial charge in [0, 0.05) is 37.9 Å². The molecule has 0 aliphatic carbocycles. The van der Waals surface area contributed by atoms with Gasteiger partial charge in [0.05, 0.1) is 11.3 Å². The van der Waals surface area contributed by atoms with Crippen LogP contribution in [0.5, 0.6) is 0 Å². The first-order valence-corrected chi connectivity index (χ1v) is 7.21. The Morgan fingerprint density at radius 1 is 1.30 bits per heavy atom. The van der Waals surface area contributed by atoms with Gasteiger partial charge in [0.15, 0.2) is 0 Å². The van der Waals surface area contributed by atoms with E-state index in [0.717, 1.165) is 38.3 Å². The Kier molecular flexibility index (Phi) is 4.49. The van der Waals surface area contributed by atoms with Crippen LogP contribution >= 0.6 is 0 Å². The molecular weight excluding hydrogens is 252 g/mol. The van der Waals surface area contributed by atoms with E-state index >= 15 is 0 Å². The van der Waals surface area contributed by atoms with Crippen molar-refractivity contribution < 1.29 is 4.79 Å². The zero-order chi connectivity index (χ0) is 14.7. The van der Waals surface area contributed by atoms with E-state index in [4.69, 9.17) is 11.5 Å². The molecule has 1 amide bonds. The molecule has 5 heteroatoms. The number of carbonyl (C=O) groups is 1. The van der Waals surface area contributed by atoms with Crippen molar-refractivity contribution in [2.75, 3.05) is 36.8 Å².